The molecule has 14 nitrogen and oxygen atoms in total. The van der Waals surface area contributed by atoms with Gasteiger partial charge in [-0.15, -0.1) is 0 Å². The second kappa shape index (κ2) is 12.7. The number of phenols is 1. The molecule has 1 rings (SSSR count). The first kappa shape index (κ1) is 27.8. The highest BCUT2D eigenvalue weighted by Crippen LogP contribution is 2.12. The maximum Gasteiger partial charge on any atom is 0.326 e. The van der Waals surface area contributed by atoms with Gasteiger partial charge in [-0.1, -0.05) is 12.1 Å². The monoisotopic (exact) mass is 481 g/mol. The van der Waals surface area contributed by atoms with Crippen LogP contribution in [0.4, 0.5) is 0 Å². The molecule has 0 saturated heterocycles. The largest absolute Gasteiger partial charge is 0.508 e. The Bertz CT molecular complexity index is 933. The Hall–Kier alpha value is -4.20. The van der Waals surface area contributed by atoms with Gasteiger partial charge in [0.15, 0.2) is 0 Å². The molecule has 4 atom stereocenters. The predicted molar refractivity (Wildman–Crippen MR) is 115 cm³/mol. The summed E-state index contributed by atoms with van der Waals surface area (Å²) in [5.41, 5.74) is 10.9. The van der Waals surface area contributed by atoms with Crippen LogP contribution in [0, 0.1) is 0 Å². The van der Waals surface area contributed by atoms with Crippen molar-refractivity contribution >= 4 is 35.6 Å². The zero-order valence-corrected chi connectivity index (χ0v) is 18.2. The quantitative estimate of drug-likeness (QED) is 0.143. The molecule has 0 radical (unpaired) electrons. The van der Waals surface area contributed by atoms with Crippen LogP contribution in [0.5, 0.6) is 5.75 Å². The molecule has 0 heterocycles. The van der Waals surface area contributed by atoms with Gasteiger partial charge in [-0.2, -0.15) is 0 Å². The molecule has 10 N–H and O–H groups in total. The molecule has 34 heavy (non-hydrogen) atoms. The Morgan fingerprint density at radius 1 is 0.824 bits per heavy atom. The summed E-state index contributed by atoms with van der Waals surface area (Å²) in [4.78, 5) is 71.2. The lowest BCUT2D eigenvalue weighted by molar-refractivity contribution is -0.143. The lowest BCUT2D eigenvalue weighted by atomic mass is 10.0. The first-order valence-corrected chi connectivity index (χ1v) is 9.97. The Morgan fingerprint density at radius 2 is 1.29 bits per heavy atom. The van der Waals surface area contributed by atoms with Crippen LogP contribution in [0.25, 0.3) is 0 Å². The molecule has 4 unspecified atom stereocenters. The van der Waals surface area contributed by atoms with Crippen molar-refractivity contribution < 1.29 is 44.1 Å². The van der Waals surface area contributed by atoms with Crippen molar-refractivity contribution in [2.75, 3.05) is 0 Å². The Kier molecular flexibility index (Phi) is 10.4. The highest BCUT2D eigenvalue weighted by Gasteiger charge is 2.32. The molecule has 1 aromatic carbocycles. The second-order valence-electron chi connectivity index (χ2n) is 7.45. The standard InChI is InChI=1S/C20H27N5O9/c1-9(21)17(30)23-12(7-15(22)27)18(31)24-13(8-16(28)29)19(32)25-14(20(33)34)6-10-2-4-11(26)5-3-10/h2-5,9,12-14,26H,6-8,21H2,1H3,(H2,22,27)(H,23,30)(H,24,31)(H,25,32)(H,28,29)(H,33,34). The maximum absolute atomic E-state index is 12.7. The van der Waals surface area contributed by atoms with Crippen molar-refractivity contribution in [3.63, 3.8) is 0 Å². The minimum absolute atomic E-state index is 0.0504. The third-order valence-electron chi connectivity index (χ3n) is 4.45. The number of rotatable bonds is 13. The zero-order valence-electron chi connectivity index (χ0n) is 18.2. The van der Waals surface area contributed by atoms with E-state index in [9.17, 15) is 39.0 Å². The van der Waals surface area contributed by atoms with Gasteiger partial charge in [0.25, 0.3) is 0 Å². The molecule has 0 bridgehead atoms. The van der Waals surface area contributed by atoms with Gasteiger partial charge in [0, 0.05) is 6.42 Å². The number of carboxylic acid groups (broad SMARTS) is 2. The van der Waals surface area contributed by atoms with Crippen molar-refractivity contribution in [1.29, 1.82) is 0 Å². The van der Waals surface area contributed by atoms with E-state index in [0.717, 1.165) is 0 Å². The maximum atomic E-state index is 12.7. The third kappa shape index (κ3) is 9.52. The predicted octanol–water partition coefficient (Wildman–Crippen LogP) is -2.83. The van der Waals surface area contributed by atoms with Gasteiger partial charge in [0.2, 0.25) is 23.6 Å². The van der Waals surface area contributed by atoms with Crippen LogP contribution in [-0.2, 0) is 35.2 Å². The fourth-order valence-electron chi connectivity index (χ4n) is 2.71. The molecule has 0 aliphatic carbocycles. The molecule has 0 aliphatic rings. The van der Waals surface area contributed by atoms with Gasteiger partial charge < -0.3 is 42.7 Å². The molecule has 0 fully saturated rings. The Morgan fingerprint density at radius 3 is 1.74 bits per heavy atom. The first-order valence-electron chi connectivity index (χ1n) is 9.97. The van der Waals surface area contributed by atoms with Crippen molar-refractivity contribution in [3.05, 3.63) is 29.8 Å². The van der Waals surface area contributed by atoms with Crippen LogP contribution in [0.1, 0.15) is 25.3 Å². The molecular weight excluding hydrogens is 454 g/mol. The summed E-state index contributed by atoms with van der Waals surface area (Å²) in [6, 6.07) is -0.325. The summed E-state index contributed by atoms with van der Waals surface area (Å²) >= 11 is 0. The lowest BCUT2D eigenvalue weighted by Crippen LogP contribution is -2.58. The van der Waals surface area contributed by atoms with Crippen LogP contribution in [0.2, 0.25) is 0 Å². The van der Waals surface area contributed by atoms with E-state index in [4.69, 9.17) is 16.6 Å². The molecule has 1 aromatic rings. The van der Waals surface area contributed by atoms with Crippen molar-refractivity contribution in [1.82, 2.24) is 16.0 Å². The van der Waals surface area contributed by atoms with Crippen LogP contribution in [-0.4, -0.2) is 75.1 Å². The van der Waals surface area contributed by atoms with Gasteiger partial charge >= 0.3 is 11.9 Å². The molecule has 0 spiro atoms. The molecule has 4 amide bonds. The Balaban J connectivity index is 3.02. The number of nitrogens with one attached hydrogen (secondary N) is 3. The van der Waals surface area contributed by atoms with E-state index < -0.39 is 72.6 Å². The smallest absolute Gasteiger partial charge is 0.326 e. The van der Waals surface area contributed by atoms with Gasteiger partial charge in [-0.3, -0.25) is 24.0 Å². The highest BCUT2D eigenvalue weighted by atomic mass is 16.4. The number of aliphatic carboxylic acids is 2. The van der Waals surface area contributed by atoms with Gasteiger partial charge in [0.1, 0.15) is 23.9 Å². The number of nitrogens with two attached hydrogens (primary N) is 2. The van der Waals surface area contributed by atoms with E-state index in [2.05, 4.69) is 16.0 Å². The number of carboxylic acids is 2. The lowest BCUT2D eigenvalue weighted by Gasteiger charge is -2.23. The molecule has 0 saturated carbocycles. The van der Waals surface area contributed by atoms with Crippen molar-refractivity contribution in [3.8, 4) is 5.75 Å². The molecule has 186 valence electrons. The topological polar surface area (TPSA) is 251 Å². The Labute approximate surface area is 193 Å². The summed E-state index contributed by atoms with van der Waals surface area (Å²) in [5.74, 6) is -6.97. The number of carbonyl (C=O) groups is 6. The van der Waals surface area contributed by atoms with E-state index >= 15 is 0 Å². The normalized spacial score (nSPS) is 14.1. The number of primary amides is 1. The summed E-state index contributed by atoms with van der Waals surface area (Å²) in [5, 5.41) is 34.3. The zero-order chi connectivity index (χ0) is 26.0. The van der Waals surface area contributed by atoms with E-state index in [1.807, 2.05) is 0 Å². The van der Waals surface area contributed by atoms with Crippen LogP contribution < -0.4 is 27.4 Å². The SMILES string of the molecule is CC(N)C(=O)NC(CC(N)=O)C(=O)NC(CC(=O)O)C(=O)NC(Cc1ccc(O)cc1)C(=O)O. The number of hydrogen-bond acceptors (Lipinski definition) is 8. The number of aromatic hydroxyl groups is 1. The molecule has 0 aromatic heterocycles. The van der Waals surface area contributed by atoms with E-state index in [0.29, 0.717) is 5.56 Å². The van der Waals surface area contributed by atoms with Crippen molar-refractivity contribution in [2.24, 2.45) is 11.5 Å². The fraction of sp³-hybridized carbons (Fsp3) is 0.400. The van der Waals surface area contributed by atoms with Crippen LogP contribution >= 0.6 is 0 Å². The summed E-state index contributed by atoms with van der Waals surface area (Å²) in [6.07, 6.45) is -1.79. The average Bonchev–Trinajstić information content (AvgIpc) is 2.72. The van der Waals surface area contributed by atoms with Crippen molar-refractivity contribution in [2.45, 2.75) is 50.4 Å². The molecule has 14 heteroatoms. The average molecular weight is 481 g/mol. The van der Waals surface area contributed by atoms with Gasteiger partial charge in [0.05, 0.1) is 18.9 Å². The first-order chi connectivity index (χ1) is 15.8. The number of benzene rings is 1. The van der Waals surface area contributed by atoms with Gasteiger partial charge in [-0.25, -0.2) is 4.79 Å². The molecular formula is C20H27N5O9. The fourth-order valence-corrected chi connectivity index (χ4v) is 2.71. The van der Waals surface area contributed by atoms with Crippen LogP contribution in [0.3, 0.4) is 0 Å². The molecule has 0 aliphatic heterocycles. The minimum atomic E-state index is -1.74. The third-order valence-corrected chi connectivity index (χ3v) is 4.45. The highest BCUT2D eigenvalue weighted by molar-refractivity contribution is 5.97. The summed E-state index contributed by atoms with van der Waals surface area (Å²) in [7, 11) is 0. The summed E-state index contributed by atoms with van der Waals surface area (Å²) in [6.45, 7) is 1.31. The summed E-state index contributed by atoms with van der Waals surface area (Å²) < 4.78 is 0. The second-order valence-corrected chi connectivity index (χ2v) is 7.45. The minimum Gasteiger partial charge on any atom is -0.508 e. The number of hydrogen-bond donors (Lipinski definition) is 8. The van der Waals surface area contributed by atoms with Crippen LogP contribution in [0.15, 0.2) is 24.3 Å². The number of phenolic OH excluding ortho intramolecular Hbond substituents is 1. The van der Waals surface area contributed by atoms with E-state index in [1.54, 1.807) is 0 Å². The number of amides is 4. The van der Waals surface area contributed by atoms with E-state index in [-0.39, 0.29) is 12.2 Å². The number of carbonyl (C=O) groups excluding carboxylic acids is 4. The van der Waals surface area contributed by atoms with Gasteiger partial charge in [-0.05, 0) is 24.6 Å². The van der Waals surface area contributed by atoms with E-state index in [1.165, 1.54) is 31.2 Å².